The Labute approximate surface area is 171 Å². The molecule has 29 heavy (non-hydrogen) atoms. The Morgan fingerprint density at radius 1 is 1.14 bits per heavy atom. The van der Waals surface area contributed by atoms with Crippen molar-refractivity contribution in [2.24, 2.45) is 11.3 Å². The van der Waals surface area contributed by atoms with E-state index in [2.05, 4.69) is 33.8 Å². The second kappa shape index (κ2) is 6.15. The molecule has 7 heteroatoms. The second-order valence-electron chi connectivity index (χ2n) is 9.39. The van der Waals surface area contributed by atoms with Gasteiger partial charge in [-0.1, -0.05) is 30.7 Å². The molecule has 0 amide bonds. The largest absolute Gasteiger partial charge is 0.392 e. The summed E-state index contributed by atoms with van der Waals surface area (Å²) in [5.74, 6) is 0.154. The highest BCUT2D eigenvalue weighted by Gasteiger charge is 2.58. The molecule has 0 bridgehead atoms. The van der Waals surface area contributed by atoms with Gasteiger partial charge in [-0.15, -0.1) is 0 Å². The van der Waals surface area contributed by atoms with E-state index in [1.165, 1.54) is 11.1 Å². The molecule has 2 aliphatic carbocycles. The fourth-order valence-corrected chi connectivity index (χ4v) is 8.20. The molecule has 1 N–H and O–H groups in total. The molecule has 3 heterocycles. The zero-order valence-corrected chi connectivity index (χ0v) is 17.3. The molecule has 1 saturated heterocycles. The maximum atomic E-state index is 12.7. The molecular formula is C22H27N3O3S. The summed E-state index contributed by atoms with van der Waals surface area (Å²) >= 11 is 0. The molecule has 1 spiro atoms. The van der Waals surface area contributed by atoms with Crippen molar-refractivity contribution < 1.29 is 13.5 Å². The summed E-state index contributed by atoms with van der Waals surface area (Å²) in [5, 5.41) is 11.1. The summed E-state index contributed by atoms with van der Waals surface area (Å²) < 4.78 is 29.4. The lowest BCUT2D eigenvalue weighted by Gasteiger charge is -2.58. The van der Waals surface area contributed by atoms with E-state index in [1.807, 2.05) is 12.5 Å². The second-order valence-corrected chi connectivity index (χ2v) is 11.6. The summed E-state index contributed by atoms with van der Waals surface area (Å²) in [5.41, 5.74) is 3.48. The van der Waals surface area contributed by atoms with Gasteiger partial charge in [-0.05, 0) is 43.1 Å². The average molecular weight is 414 g/mol. The van der Waals surface area contributed by atoms with Crippen LogP contribution in [0.15, 0.2) is 36.8 Å². The van der Waals surface area contributed by atoms with E-state index >= 15 is 0 Å². The van der Waals surface area contributed by atoms with Gasteiger partial charge in [0.15, 0.2) is 0 Å². The van der Waals surface area contributed by atoms with E-state index in [0.717, 1.165) is 44.2 Å². The topological polar surface area (TPSA) is 75.4 Å². The van der Waals surface area contributed by atoms with Crippen LogP contribution in [0.25, 0.3) is 11.3 Å². The van der Waals surface area contributed by atoms with Crippen molar-refractivity contribution in [2.75, 3.05) is 13.1 Å². The van der Waals surface area contributed by atoms with Gasteiger partial charge < -0.3 is 9.67 Å². The third kappa shape index (κ3) is 2.41. The van der Waals surface area contributed by atoms with Gasteiger partial charge in [0.25, 0.3) is 0 Å². The van der Waals surface area contributed by atoms with Crippen molar-refractivity contribution in [2.45, 2.75) is 55.9 Å². The van der Waals surface area contributed by atoms with Crippen molar-refractivity contribution in [3.8, 4) is 11.3 Å². The summed E-state index contributed by atoms with van der Waals surface area (Å²) in [6.45, 7) is 1.11. The number of sulfonamides is 1. The summed E-state index contributed by atoms with van der Waals surface area (Å²) in [4.78, 5) is 4.34. The molecule has 2 aromatic rings. The molecule has 6 nitrogen and oxygen atoms in total. The van der Waals surface area contributed by atoms with Crippen LogP contribution >= 0.6 is 0 Å². The lowest BCUT2D eigenvalue weighted by Crippen LogP contribution is -2.60. The first kappa shape index (κ1) is 18.1. The Balaban J connectivity index is 1.21. The first-order valence-corrected chi connectivity index (χ1v) is 12.3. The Morgan fingerprint density at radius 2 is 1.90 bits per heavy atom. The molecule has 1 aromatic carbocycles. The maximum absolute atomic E-state index is 12.7. The van der Waals surface area contributed by atoms with E-state index in [9.17, 15) is 13.5 Å². The quantitative estimate of drug-likeness (QED) is 0.840. The molecule has 2 saturated carbocycles. The average Bonchev–Trinajstić information content (AvgIpc) is 3.26. The van der Waals surface area contributed by atoms with E-state index in [-0.39, 0.29) is 22.6 Å². The smallest absolute Gasteiger partial charge is 0.216 e. The van der Waals surface area contributed by atoms with E-state index in [0.29, 0.717) is 13.1 Å². The first-order valence-electron chi connectivity index (χ1n) is 10.8. The molecule has 3 fully saturated rings. The third-order valence-corrected chi connectivity index (χ3v) is 10.6. The Morgan fingerprint density at radius 3 is 2.59 bits per heavy atom. The number of rotatable bonds is 3. The number of aromatic nitrogens is 2. The van der Waals surface area contributed by atoms with Gasteiger partial charge in [-0.25, -0.2) is 17.7 Å². The van der Waals surface area contributed by atoms with Crippen LogP contribution in [-0.2, 0) is 10.0 Å². The van der Waals surface area contributed by atoms with Crippen molar-refractivity contribution in [3.63, 3.8) is 0 Å². The van der Waals surface area contributed by atoms with Crippen molar-refractivity contribution in [1.29, 1.82) is 0 Å². The van der Waals surface area contributed by atoms with Crippen LogP contribution in [0, 0.1) is 11.3 Å². The fraction of sp³-hybridized carbons (Fsp3) is 0.591. The minimum Gasteiger partial charge on any atom is -0.392 e. The number of hydrogen-bond donors (Lipinski definition) is 1. The molecule has 2 aliphatic heterocycles. The molecule has 4 aliphatic rings. The number of nitrogens with zero attached hydrogens (tertiary/aromatic N) is 3. The Kier molecular flexibility index (Phi) is 3.84. The van der Waals surface area contributed by atoms with Gasteiger partial charge in [-0.3, -0.25) is 0 Å². The number of benzene rings is 1. The minimum atomic E-state index is -3.14. The van der Waals surface area contributed by atoms with Crippen LogP contribution in [-0.4, -0.2) is 51.8 Å². The highest BCUT2D eigenvalue weighted by molar-refractivity contribution is 7.89. The zero-order valence-electron chi connectivity index (χ0n) is 16.4. The molecule has 3 atom stereocenters. The van der Waals surface area contributed by atoms with Gasteiger partial charge in [0.1, 0.15) is 0 Å². The van der Waals surface area contributed by atoms with E-state index in [1.54, 1.807) is 4.31 Å². The van der Waals surface area contributed by atoms with Crippen molar-refractivity contribution in [1.82, 2.24) is 13.9 Å². The first-order chi connectivity index (χ1) is 14.0. The minimum absolute atomic E-state index is 0.126. The predicted octanol–water partition coefficient (Wildman–Crippen LogP) is 2.80. The zero-order chi connectivity index (χ0) is 19.8. The van der Waals surface area contributed by atoms with Crippen LogP contribution in [0.5, 0.6) is 0 Å². The number of aliphatic hydroxyl groups is 1. The Hall–Kier alpha value is -1.70. The van der Waals surface area contributed by atoms with Gasteiger partial charge in [0, 0.05) is 24.6 Å². The molecule has 0 radical (unpaired) electrons. The van der Waals surface area contributed by atoms with Crippen LogP contribution < -0.4 is 0 Å². The van der Waals surface area contributed by atoms with E-state index < -0.39 is 16.1 Å². The summed E-state index contributed by atoms with van der Waals surface area (Å²) in [6, 6.07) is 8.54. The summed E-state index contributed by atoms with van der Waals surface area (Å²) in [7, 11) is -3.14. The lowest BCUT2D eigenvalue weighted by atomic mass is 9.53. The SMILES string of the molecule is O=S(=O)(C1CCC1)N1CCC2(CC1)C[C@@H](C1c3ccccc3-c3cncn31)[C@H]2O. The van der Waals surface area contributed by atoms with E-state index in [4.69, 9.17) is 0 Å². The monoisotopic (exact) mass is 413 g/mol. The maximum Gasteiger partial charge on any atom is 0.216 e. The molecular weight excluding hydrogens is 386 g/mol. The fourth-order valence-electron chi connectivity index (χ4n) is 6.15. The van der Waals surface area contributed by atoms with Gasteiger partial charge in [-0.2, -0.15) is 0 Å². The number of piperidine rings is 1. The van der Waals surface area contributed by atoms with Gasteiger partial charge in [0.05, 0.1) is 35.6 Å². The number of aliphatic hydroxyl groups excluding tert-OH is 1. The molecule has 6 rings (SSSR count). The van der Waals surface area contributed by atoms with Crippen LogP contribution in [0.4, 0.5) is 0 Å². The Bertz CT molecular complexity index is 1050. The van der Waals surface area contributed by atoms with Crippen LogP contribution in [0.3, 0.4) is 0 Å². The predicted molar refractivity (Wildman–Crippen MR) is 110 cm³/mol. The van der Waals surface area contributed by atoms with Gasteiger partial charge >= 0.3 is 0 Å². The molecule has 154 valence electrons. The number of hydrogen-bond acceptors (Lipinski definition) is 4. The summed E-state index contributed by atoms with van der Waals surface area (Å²) in [6.07, 6.45) is 8.51. The lowest BCUT2D eigenvalue weighted by molar-refractivity contribution is -0.152. The number of fused-ring (bicyclic) bond motifs is 3. The highest BCUT2D eigenvalue weighted by atomic mass is 32.2. The van der Waals surface area contributed by atoms with Crippen LogP contribution in [0.1, 0.15) is 50.1 Å². The standard InChI is InChI=1S/C22H27N3O3S/c26-21-18(20-17-7-2-1-6-16(17)19-13-23-14-25(19)20)12-22(21)8-10-24(11-9-22)29(27,28)15-4-3-5-15/h1-2,6-7,13-15,18,20-21,26H,3-5,8-12H2/t18-,20?,21+/m0/s1. The normalized spacial score (nSPS) is 31.1. The highest BCUT2D eigenvalue weighted by Crippen LogP contribution is 2.59. The third-order valence-electron chi connectivity index (χ3n) is 8.15. The van der Waals surface area contributed by atoms with Crippen molar-refractivity contribution >= 4 is 10.0 Å². The molecule has 1 unspecified atom stereocenters. The number of imidazole rings is 1. The van der Waals surface area contributed by atoms with Crippen LogP contribution in [0.2, 0.25) is 0 Å². The van der Waals surface area contributed by atoms with Gasteiger partial charge in [0.2, 0.25) is 10.0 Å². The molecule has 1 aromatic heterocycles. The van der Waals surface area contributed by atoms with Crippen molar-refractivity contribution in [3.05, 3.63) is 42.4 Å².